The molecule has 128 valence electrons. The number of allylic oxidation sites excluding steroid dienone is 4. The quantitative estimate of drug-likeness (QED) is 0.445. The van der Waals surface area contributed by atoms with E-state index in [2.05, 4.69) is 32.9 Å². The first-order chi connectivity index (χ1) is 11.0. The molecule has 0 aromatic heterocycles. The van der Waals surface area contributed by atoms with Gasteiger partial charge in [0.15, 0.2) is 0 Å². The van der Waals surface area contributed by atoms with Crippen molar-refractivity contribution in [2.24, 2.45) is 23.7 Å². The van der Waals surface area contributed by atoms with E-state index in [0.29, 0.717) is 0 Å². The fourth-order valence-electron chi connectivity index (χ4n) is 3.54. The number of hydrogen-bond donors (Lipinski definition) is 0. The lowest BCUT2D eigenvalue weighted by Crippen LogP contribution is -2.25. The molecule has 23 heavy (non-hydrogen) atoms. The second-order valence-corrected chi connectivity index (χ2v) is 7.00. The fourth-order valence-corrected chi connectivity index (χ4v) is 3.54. The van der Waals surface area contributed by atoms with Crippen molar-refractivity contribution < 1.29 is 14.4 Å². The van der Waals surface area contributed by atoms with Gasteiger partial charge in [-0.2, -0.15) is 0 Å². The highest BCUT2D eigenvalue weighted by Crippen LogP contribution is 2.40. The van der Waals surface area contributed by atoms with Gasteiger partial charge in [0, 0.05) is 17.8 Å². The van der Waals surface area contributed by atoms with Crippen LogP contribution in [0.15, 0.2) is 23.3 Å². The second-order valence-electron chi connectivity index (χ2n) is 7.00. The van der Waals surface area contributed by atoms with E-state index in [1.165, 1.54) is 11.1 Å². The minimum atomic E-state index is -0.273. The largest absolute Gasteiger partial charge is 0.303 e. The highest BCUT2D eigenvalue weighted by molar-refractivity contribution is 5.67. The molecule has 0 amide bonds. The lowest BCUT2D eigenvalue weighted by molar-refractivity contribution is -0.121. The molecule has 0 heterocycles. The van der Waals surface area contributed by atoms with Crippen molar-refractivity contribution in [3.05, 3.63) is 23.3 Å². The van der Waals surface area contributed by atoms with Gasteiger partial charge in [-0.3, -0.25) is 0 Å². The molecule has 0 aromatic rings. The van der Waals surface area contributed by atoms with Crippen LogP contribution >= 0.6 is 0 Å². The van der Waals surface area contributed by atoms with Gasteiger partial charge in [-0.05, 0) is 65.2 Å². The summed E-state index contributed by atoms with van der Waals surface area (Å²) in [6.07, 6.45) is 12.5. The Hall–Kier alpha value is -1.51. The van der Waals surface area contributed by atoms with Gasteiger partial charge >= 0.3 is 0 Å². The number of carbonyl (C=O) groups is 3. The number of rotatable bonds is 10. The Morgan fingerprint density at radius 2 is 1.74 bits per heavy atom. The summed E-state index contributed by atoms with van der Waals surface area (Å²) in [6.45, 7) is 6.33. The van der Waals surface area contributed by atoms with E-state index in [0.717, 1.165) is 57.4 Å². The first-order valence-corrected chi connectivity index (χ1v) is 8.68. The van der Waals surface area contributed by atoms with E-state index in [1.807, 2.05) is 0 Å². The molecule has 1 aliphatic carbocycles. The monoisotopic (exact) mass is 318 g/mol. The molecule has 3 heteroatoms. The lowest BCUT2D eigenvalue weighted by Gasteiger charge is -2.22. The second kappa shape index (κ2) is 10.3. The zero-order chi connectivity index (χ0) is 17.2. The van der Waals surface area contributed by atoms with Gasteiger partial charge in [0.05, 0.1) is 0 Å². The molecule has 0 N–H and O–H groups in total. The molecule has 1 aliphatic rings. The zero-order valence-electron chi connectivity index (χ0n) is 14.7. The van der Waals surface area contributed by atoms with Crippen molar-refractivity contribution in [1.29, 1.82) is 0 Å². The molecule has 0 bridgehead atoms. The molecule has 4 atom stereocenters. The summed E-state index contributed by atoms with van der Waals surface area (Å²) < 4.78 is 0. The van der Waals surface area contributed by atoms with Crippen molar-refractivity contribution in [2.75, 3.05) is 0 Å². The van der Waals surface area contributed by atoms with Crippen molar-refractivity contribution in [3.8, 4) is 0 Å². The summed E-state index contributed by atoms with van der Waals surface area (Å²) in [4.78, 5) is 33.7. The minimum absolute atomic E-state index is 0.0413. The molecule has 0 spiro atoms. The van der Waals surface area contributed by atoms with E-state index in [-0.39, 0.29) is 23.7 Å². The first kappa shape index (κ1) is 19.5. The Kier molecular flexibility index (Phi) is 8.75. The topological polar surface area (TPSA) is 51.2 Å². The van der Waals surface area contributed by atoms with Gasteiger partial charge in [0.25, 0.3) is 0 Å². The van der Waals surface area contributed by atoms with Gasteiger partial charge in [0.1, 0.15) is 18.9 Å². The highest BCUT2D eigenvalue weighted by atomic mass is 16.1. The molecule has 0 saturated heterocycles. The Bertz CT molecular complexity index is 458. The average Bonchev–Trinajstić information content (AvgIpc) is 2.94. The maximum atomic E-state index is 11.4. The third-order valence-corrected chi connectivity index (χ3v) is 4.96. The Morgan fingerprint density at radius 3 is 2.30 bits per heavy atom. The van der Waals surface area contributed by atoms with Gasteiger partial charge in [0.2, 0.25) is 0 Å². The first-order valence-electron chi connectivity index (χ1n) is 8.68. The molecule has 0 aliphatic heterocycles. The van der Waals surface area contributed by atoms with E-state index in [9.17, 15) is 14.4 Å². The van der Waals surface area contributed by atoms with E-state index >= 15 is 0 Å². The Labute approximate surface area is 140 Å². The molecule has 3 nitrogen and oxygen atoms in total. The molecule has 0 unspecified atom stereocenters. The van der Waals surface area contributed by atoms with Crippen LogP contribution in [0, 0.1) is 23.7 Å². The van der Waals surface area contributed by atoms with Crippen molar-refractivity contribution >= 4 is 18.9 Å². The number of carbonyl (C=O) groups excluding carboxylic acids is 3. The molecule has 0 aromatic carbocycles. The number of hydrogen-bond acceptors (Lipinski definition) is 3. The Morgan fingerprint density at radius 1 is 1.00 bits per heavy atom. The molecular weight excluding hydrogens is 288 g/mol. The highest BCUT2D eigenvalue weighted by Gasteiger charge is 2.39. The third kappa shape index (κ3) is 6.25. The van der Waals surface area contributed by atoms with Crippen molar-refractivity contribution in [1.82, 2.24) is 0 Å². The van der Waals surface area contributed by atoms with Crippen LogP contribution in [0.2, 0.25) is 0 Å². The van der Waals surface area contributed by atoms with Crippen LogP contribution in [0.4, 0.5) is 0 Å². The van der Waals surface area contributed by atoms with Crippen molar-refractivity contribution in [3.63, 3.8) is 0 Å². The minimum Gasteiger partial charge on any atom is -0.303 e. The summed E-state index contributed by atoms with van der Waals surface area (Å²) in [5, 5.41) is 0. The van der Waals surface area contributed by atoms with Gasteiger partial charge in [-0.25, -0.2) is 0 Å². The molecule has 1 saturated carbocycles. The van der Waals surface area contributed by atoms with Crippen LogP contribution in [-0.4, -0.2) is 18.9 Å². The van der Waals surface area contributed by atoms with Crippen LogP contribution in [0.3, 0.4) is 0 Å². The van der Waals surface area contributed by atoms with Crippen LogP contribution in [0.25, 0.3) is 0 Å². The van der Waals surface area contributed by atoms with Crippen LogP contribution in [-0.2, 0) is 14.4 Å². The van der Waals surface area contributed by atoms with Crippen LogP contribution in [0.1, 0.15) is 59.3 Å². The average molecular weight is 318 g/mol. The van der Waals surface area contributed by atoms with E-state index < -0.39 is 0 Å². The fraction of sp³-hybridized carbons (Fsp3) is 0.650. The molecular formula is C20H30O3. The predicted octanol–water partition coefficient (Wildman–Crippen LogP) is 4.31. The van der Waals surface area contributed by atoms with Crippen LogP contribution < -0.4 is 0 Å². The van der Waals surface area contributed by atoms with Crippen molar-refractivity contribution in [2.45, 2.75) is 59.3 Å². The zero-order valence-corrected chi connectivity index (χ0v) is 14.7. The molecule has 1 fully saturated rings. The summed E-state index contributed by atoms with van der Waals surface area (Å²) in [5.41, 5.74) is 2.68. The summed E-state index contributed by atoms with van der Waals surface area (Å²) >= 11 is 0. The predicted molar refractivity (Wildman–Crippen MR) is 93.0 cm³/mol. The van der Waals surface area contributed by atoms with Crippen LogP contribution in [0.5, 0.6) is 0 Å². The normalized spacial score (nSPS) is 25.7. The Balaban J connectivity index is 2.50. The smallest absolute Gasteiger partial charge is 0.124 e. The summed E-state index contributed by atoms with van der Waals surface area (Å²) in [6, 6.07) is 0. The maximum absolute atomic E-state index is 11.4. The molecule has 1 rings (SSSR count). The number of aldehydes is 3. The van der Waals surface area contributed by atoms with Gasteiger partial charge < -0.3 is 14.4 Å². The molecule has 0 radical (unpaired) electrons. The van der Waals surface area contributed by atoms with E-state index in [1.54, 1.807) is 0 Å². The van der Waals surface area contributed by atoms with Gasteiger partial charge in [-0.15, -0.1) is 0 Å². The van der Waals surface area contributed by atoms with E-state index in [4.69, 9.17) is 0 Å². The third-order valence-electron chi connectivity index (χ3n) is 4.96. The summed E-state index contributed by atoms with van der Waals surface area (Å²) in [5.74, 6) is -0.539. The maximum Gasteiger partial charge on any atom is 0.124 e. The SMILES string of the molecule is CC(C)=CCC/C(C)=C/CC[C@H](C=O)[C@@H]1CC[C@H](C=O)[C@@H]1C=O. The van der Waals surface area contributed by atoms with Gasteiger partial charge in [-0.1, -0.05) is 23.3 Å². The standard InChI is InChI=1S/C20H30O3/c1-15(2)6-4-7-16(3)8-5-9-17(12-21)19-11-10-18(13-22)20(19)14-23/h6,8,12-14,17-20H,4-5,7,9-11H2,1-3H3/b16-8+/t17-,18-,19+,20+/m1/s1. The summed E-state index contributed by atoms with van der Waals surface area (Å²) in [7, 11) is 0. The lowest BCUT2D eigenvalue weighted by atomic mass is 9.80.